The Morgan fingerprint density at radius 3 is 2.60 bits per heavy atom. The highest BCUT2D eigenvalue weighted by atomic mass is 19.3. The Labute approximate surface area is 146 Å². The fourth-order valence-corrected chi connectivity index (χ4v) is 2.92. The van der Waals surface area contributed by atoms with E-state index in [0.29, 0.717) is 6.54 Å². The third-order valence-electron chi connectivity index (χ3n) is 4.38. The third-order valence-corrected chi connectivity index (χ3v) is 4.38. The van der Waals surface area contributed by atoms with Crippen molar-refractivity contribution in [1.82, 2.24) is 10.2 Å². The lowest BCUT2D eigenvalue weighted by molar-refractivity contribution is -0.195. The lowest BCUT2D eigenvalue weighted by atomic mass is 10.1. The molecule has 2 amide bonds. The van der Waals surface area contributed by atoms with E-state index in [2.05, 4.69) is 10.1 Å². The average molecular weight is 354 g/mol. The molecule has 2 unspecified atom stereocenters. The van der Waals surface area contributed by atoms with Crippen molar-refractivity contribution in [3.05, 3.63) is 35.9 Å². The fraction of sp³-hybridized carbons (Fsp3) is 0.556. The molecule has 25 heavy (non-hydrogen) atoms. The summed E-state index contributed by atoms with van der Waals surface area (Å²) < 4.78 is 29.1. The van der Waals surface area contributed by atoms with E-state index in [1.54, 1.807) is 4.90 Å². The van der Waals surface area contributed by atoms with Crippen molar-refractivity contribution in [2.45, 2.75) is 45.4 Å². The normalized spacial score (nSPS) is 19.4. The van der Waals surface area contributed by atoms with Gasteiger partial charge in [-0.15, -0.1) is 0 Å². The summed E-state index contributed by atoms with van der Waals surface area (Å²) in [5.41, 5.74) is -0.174. The number of hydrogen-bond donors (Lipinski definition) is 1. The van der Waals surface area contributed by atoms with E-state index >= 15 is 0 Å². The van der Waals surface area contributed by atoms with Crippen LogP contribution < -0.4 is 5.32 Å². The SMILES string of the molecule is CC(c1ccccc1)N1CC(C(=O)NCC(C)(C)OC(F)F)CC1=O. The Bertz CT molecular complexity index is 608. The van der Waals surface area contributed by atoms with Crippen molar-refractivity contribution in [3.63, 3.8) is 0 Å². The second kappa shape index (κ2) is 7.91. The van der Waals surface area contributed by atoms with Crippen LogP contribution in [0.5, 0.6) is 0 Å². The van der Waals surface area contributed by atoms with Gasteiger partial charge < -0.3 is 15.0 Å². The first-order chi connectivity index (χ1) is 11.7. The van der Waals surface area contributed by atoms with Crippen LogP contribution in [0.25, 0.3) is 0 Å². The third kappa shape index (κ3) is 5.22. The molecule has 1 aromatic rings. The van der Waals surface area contributed by atoms with E-state index in [-0.39, 0.29) is 30.8 Å². The summed E-state index contributed by atoms with van der Waals surface area (Å²) in [5.74, 6) is -0.886. The van der Waals surface area contributed by atoms with Gasteiger partial charge in [0.05, 0.1) is 17.6 Å². The Kier molecular flexibility index (Phi) is 6.11. The van der Waals surface area contributed by atoms with E-state index in [4.69, 9.17) is 0 Å². The Morgan fingerprint density at radius 1 is 1.36 bits per heavy atom. The molecule has 1 aromatic carbocycles. The lowest BCUT2D eigenvalue weighted by Crippen LogP contribution is -2.44. The number of likely N-dealkylation sites (tertiary alicyclic amines) is 1. The molecule has 1 saturated heterocycles. The van der Waals surface area contributed by atoms with Crippen LogP contribution in [-0.2, 0) is 14.3 Å². The number of halogens is 2. The summed E-state index contributed by atoms with van der Waals surface area (Å²) in [6.07, 6.45) is 0.124. The number of carbonyl (C=O) groups excluding carboxylic acids is 2. The van der Waals surface area contributed by atoms with E-state index in [1.165, 1.54) is 13.8 Å². The predicted octanol–water partition coefficient (Wildman–Crippen LogP) is 2.73. The molecule has 0 saturated carbocycles. The molecule has 1 heterocycles. The number of nitrogens with zero attached hydrogens (tertiary/aromatic N) is 1. The predicted molar refractivity (Wildman–Crippen MR) is 88.9 cm³/mol. The van der Waals surface area contributed by atoms with Crippen molar-refractivity contribution in [3.8, 4) is 0 Å². The summed E-state index contributed by atoms with van der Waals surface area (Å²) in [6.45, 7) is 2.24. The van der Waals surface area contributed by atoms with Gasteiger partial charge in [0, 0.05) is 19.5 Å². The molecular weight excluding hydrogens is 330 g/mol. The summed E-state index contributed by atoms with van der Waals surface area (Å²) in [4.78, 5) is 26.2. The van der Waals surface area contributed by atoms with Crippen LogP contribution in [0.3, 0.4) is 0 Å². The minimum Gasteiger partial charge on any atom is -0.353 e. The van der Waals surface area contributed by atoms with E-state index in [0.717, 1.165) is 5.56 Å². The quantitative estimate of drug-likeness (QED) is 0.819. The van der Waals surface area contributed by atoms with Crippen LogP contribution in [0, 0.1) is 5.92 Å². The Morgan fingerprint density at radius 2 is 2.00 bits per heavy atom. The summed E-state index contributed by atoms with van der Waals surface area (Å²) >= 11 is 0. The van der Waals surface area contributed by atoms with Crippen LogP contribution in [0.1, 0.15) is 38.8 Å². The first-order valence-electron chi connectivity index (χ1n) is 8.28. The summed E-state index contributed by atoms with van der Waals surface area (Å²) in [5, 5.41) is 2.61. The average Bonchev–Trinajstić information content (AvgIpc) is 2.93. The molecule has 0 aliphatic carbocycles. The molecule has 0 radical (unpaired) electrons. The van der Waals surface area contributed by atoms with Gasteiger partial charge in [-0.2, -0.15) is 8.78 Å². The smallest absolute Gasteiger partial charge is 0.345 e. The summed E-state index contributed by atoms with van der Waals surface area (Å²) in [6, 6.07) is 9.47. The highest BCUT2D eigenvalue weighted by Crippen LogP contribution is 2.28. The van der Waals surface area contributed by atoms with E-state index in [9.17, 15) is 18.4 Å². The van der Waals surface area contributed by atoms with Crippen molar-refractivity contribution in [1.29, 1.82) is 0 Å². The minimum atomic E-state index is -2.90. The van der Waals surface area contributed by atoms with Gasteiger partial charge in [0.25, 0.3) is 0 Å². The highest BCUT2D eigenvalue weighted by Gasteiger charge is 2.37. The lowest BCUT2D eigenvalue weighted by Gasteiger charge is -2.26. The first-order valence-corrected chi connectivity index (χ1v) is 8.28. The maximum absolute atomic E-state index is 12.3. The molecule has 1 N–H and O–H groups in total. The van der Waals surface area contributed by atoms with Gasteiger partial charge in [-0.05, 0) is 26.3 Å². The Hall–Kier alpha value is -2.02. The molecule has 1 fully saturated rings. The standard InChI is InChI=1S/C18H24F2N2O3/c1-12(13-7-5-4-6-8-13)22-10-14(9-15(22)23)16(24)21-11-18(2,3)25-17(19)20/h4-8,12,14,17H,9-11H2,1-3H3,(H,21,24). The molecule has 5 nitrogen and oxygen atoms in total. The monoisotopic (exact) mass is 354 g/mol. The second-order valence-electron chi connectivity index (χ2n) is 6.89. The molecule has 2 rings (SSSR count). The van der Waals surface area contributed by atoms with Crippen LogP contribution in [0.15, 0.2) is 30.3 Å². The zero-order valence-electron chi connectivity index (χ0n) is 14.7. The molecule has 1 aliphatic heterocycles. The number of carbonyl (C=O) groups is 2. The molecular formula is C18H24F2N2O3. The van der Waals surface area contributed by atoms with Gasteiger partial charge in [0.2, 0.25) is 11.8 Å². The zero-order chi connectivity index (χ0) is 18.6. The molecule has 7 heteroatoms. The van der Waals surface area contributed by atoms with Crippen LogP contribution in [0.2, 0.25) is 0 Å². The van der Waals surface area contributed by atoms with Gasteiger partial charge in [-0.1, -0.05) is 30.3 Å². The topological polar surface area (TPSA) is 58.6 Å². The molecule has 0 spiro atoms. The summed E-state index contributed by atoms with van der Waals surface area (Å²) in [7, 11) is 0. The second-order valence-corrected chi connectivity index (χ2v) is 6.89. The first kappa shape index (κ1) is 19.3. The molecule has 0 bridgehead atoms. The maximum atomic E-state index is 12.3. The number of nitrogens with one attached hydrogen (secondary N) is 1. The number of hydrogen-bond acceptors (Lipinski definition) is 3. The van der Waals surface area contributed by atoms with Gasteiger partial charge in [0.15, 0.2) is 0 Å². The van der Waals surface area contributed by atoms with E-state index in [1.807, 2.05) is 37.3 Å². The van der Waals surface area contributed by atoms with Crippen LogP contribution >= 0.6 is 0 Å². The van der Waals surface area contributed by atoms with Gasteiger partial charge >= 0.3 is 6.61 Å². The number of amides is 2. The molecule has 0 aromatic heterocycles. The van der Waals surface area contributed by atoms with Crippen LogP contribution in [-0.4, -0.2) is 42.0 Å². The maximum Gasteiger partial charge on any atom is 0.345 e. The van der Waals surface area contributed by atoms with Crippen molar-refractivity contribution < 1.29 is 23.1 Å². The van der Waals surface area contributed by atoms with Crippen molar-refractivity contribution >= 4 is 11.8 Å². The van der Waals surface area contributed by atoms with Gasteiger partial charge in [0.1, 0.15) is 0 Å². The number of rotatable bonds is 7. The Balaban J connectivity index is 1.92. The highest BCUT2D eigenvalue weighted by molar-refractivity contribution is 5.89. The van der Waals surface area contributed by atoms with Gasteiger partial charge in [-0.3, -0.25) is 9.59 Å². The van der Waals surface area contributed by atoms with Crippen molar-refractivity contribution in [2.75, 3.05) is 13.1 Å². The fourth-order valence-electron chi connectivity index (χ4n) is 2.92. The molecule has 1 aliphatic rings. The zero-order valence-corrected chi connectivity index (χ0v) is 14.7. The van der Waals surface area contributed by atoms with Crippen LogP contribution in [0.4, 0.5) is 8.78 Å². The number of benzene rings is 1. The molecule has 138 valence electrons. The van der Waals surface area contributed by atoms with E-state index < -0.39 is 18.1 Å². The number of alkyl halides is 2. The van der Waals surface area contributed by atoms with Gasteiger partial charge in [-0.25, -0.2) is 0 Å². The number of ether oxygens (including phenoxy) is 1. The minimum absolute atomic E-state index is 0.0465. The largest absolute Gasteiger partial charge is 0.353 e. The van der Waals surface area contributed by atoms with Crippen molar-refractivity contribution in [2.24, 2.45) is 5.92 Å². The molecule has 2 atom stereocenters.